The number of rotatable bonds is 4. The van der Waals surface area contributed by atoms with E-state index in [0.29, 0.717) is 24.6 Å². The van der Waals surface area contributed by atoms with Gasteiger partial charge in [-0.05, 0) is 61.1 Å². The molecule has 2 aromatic rings. The number of amides is 2. The predicted octanol–water partition coefficient (Wildman–Crippen LogP) is 4.75. The van der Waals surface area contributed by atoms with Crippen molar-refractivity contribution in [2.24, 2.45) is 5.92 Å². The lowest BCUT2D eigenvalue weighted by molar-refractivity contribution is -0.121. The van der Waals surface area contributed by atoms with Crippen molar-refractivity contribution in [2.45, 2.75) is 39.5 Å². The highest BCUT2D eigenvalue weighted by Gasteiger charge is 2.29. The molecular weight excluding hydrogens is 355 g/mol. The Morgan fingerprint density at radius 3 is 2.54 bits per heavy atom. The van der Waals surface area contributed by atoms with Crippen LogP contribution >= 0.6 is 0 Å². The van der Waals surface area contributed by atoms with Gasteiger partial charge in [0.25, 0.3) is 5.91 Å². The minimum Gasteiger partial charge on any atom is -0.338 e. The van der Waals surface area contributed by atoms with Gasteiger partial charge in [0.05, 0.1) is 5.92 Å². The van der Waals surface area contributed by atoms with Crippen LogP contribution in [0.25, 0.3) is 0 Å². The van der Waals surface area contributed by atoms with E-state index >= 15 is 0 Å². The molecule has 4 nitrogen and oxygen atoms in total. The minimum atomic E-state index is -0.369. The van der Waals surface area contributed by atoms with Gasteiger partial charge in [-0.1, -0.05) is 32.0 Å². The first kappa shape index (κ1) is 20.1. The molecule has 1 heterocycles. The first-order valence-corrected chi connectivity index (χ1v) is 9.82. The summed E-state index contributed by atoms with van der Waals surface area (Å²) >= 11 is 0. The van der Waals surface area contributed by atoms with Gasteiger partial charge in [0, 0.05) is 24.3 Å². The van der Waals surface area contributed by atoms with Gasteiger partial charge >= 0.3 is 0 Å². The molecule has 0 spiro atoms. The quantitative estimate of drug-likeness (QED) is 0.830. The number of aryl methyl sites for hydroxylation is 1. The third kappa shape index (κ3) is 4.41. The van der Waals surface area contributed by atoms with Gasteiger partial charge in [-0.15, -0.1) is 0 Å². The largest absolute Gasteiger partial charge is 0.338 e. The first-order chi connectivity index (χ1) is 13.4. The number of carbonyl (C=O) groups excluding carboxylic acids is 2. The monoisotopic (exact) mass is 382 g/mol. The Hall–Kier alpha value is -2.69. The summed E-state index contributed by atoms with van der Waals surface area (Å²) in [5, 5.41) is 3.11. The number of likely N-dealkylation sites (tertiary alicyclic amines) is 1. The normalized spacial score (nSPS) is 16.9. The molecule has 2 aromatic carbocycles. The number of halogens is 1. The number of para-hydroxylation sites is 1. The molecule has 5 heteroatoms. The molecule has 0 aromatic heterocycles. The van der Waals surface area contributed by atoms with Crippen LogP contribution in [0.5, 0.6) is 0 Å². The molecule has 28 heavy (non-hydrogen) atoms. The van der Waals surface area contributed by atoms with Gasteiger partial charge in [-0.3, -0.25) is 9.59 Å². The second-order valence-corrected chi connectivity index (χ2v) is 7.78. The molecule has 148 valence electrons. The van der Waals surface area contributed by atoms with Crippen molar-refractivity contribution in [3.05, 3.63) is 65.0 Å². The summed E-state index contributed by atoms with van der Waals surface area (Å²) in [6.07, 6.45) is 1.53. The molecule has 2 amide bonds. The van der Waals surface area contributed by atoms with Crippen LogP contribution in [0.3, 0.4) is 0 Å². The number of nitrogens with zero attached hydrogens (tertiary/aromatic N) is 1. The molecule has 0 saturated carbocycles. The molecule has 0 aliphatic carbocycles. The van der Waals surface area contributed by atoms with Gasteiger partial charge in [0.15, 0.2) is 0 Å². The van der Waals surface area contributed by atoms with Gasteiger partial charge in [0.1, 0.15) is 5.82 Å². The maximum atomic E-state index is 13.1. The van der Waals surface area contributed by atoms with Gasteiger partial charge in [-0.2, -0.15) is 0 Å². The number of piperidine rings is 1. The van der Waals surface area contributed by atoms with Crippen molar-refractivity contribution in [3.63, 3.8) is 0 Å². The molecule has 1 unspecified atom stereocenters. The third-order valence-corrected chi connectivity index (χ3v) is 5.35. The summed E-state index contributed by atoms with van der Waals surface area (Å²) in [4.78, 5) is 27.3. The second kappa shape index (κ2) is 8.55. The van der Waals surface area contributed by atoms with Crippen LogP contribution in [0.2, 0.25) is 0 Å². The molecule has 1 atom stereocenters. The number of benzene rings is 2. The summed E-state index contributed by atoms with van der Waals surface area (Å²) in [6, 6.07) is 11.6. The van der Waals surface area contributed by atoms with Gasteiger partial charge < -0.3 is 10.2 Å². The smallest absolute Gasteiger partial charge is 0.253 e. The maximum Gasteiger partial charge on any atom is 0.253 e. The van der Waals surface area contributed by atoms with Crippen LogP contribution in [0.4, 0.5) is 10.1 Å². The molecule has 1 N–H and O–H groups in total. The van der Waals surface area contributed by atoms with Crippen molar-refractivity contribution < 1.29 is 14.0 Å². The topological polar surface area (TPSA) is 49.4 Å². The van der Waals surface area contributed by atoms with Crippen molar-refractivity contribution in [3.8, 4) is 0 Å². The fourth-order valence-electron chi connectivity index (χ4n) is 3.72. The highest BCUT2D eigenvalue weighted by molar-refractivity contribution is 5.97. The van der Waals surface area contributed by atoms with E-state index in [1.54, 1.807) is 4.90 Å². The molecule has 0 bridgehead atoms. The van der Waals surface area contributed by atoms with E-state index in [4.69, 9.17) is 0 Å². The zero-order valence-electron chi connectivity index (χ0n) is 16.7. The highest BCUT2D eigenvalue weighted by atomic mass is 19.1. The molecule has 1 saturated heterocycles. The summed E-state index contributed by atoms with van der Waals surface area (Å²) in [6.45, 7) is 7.20. The average Bonchev–Trinajstić information content (AvgIpc) is 2.69. The summed E-state index contributed by atoms with van der Waals surface area (Å²) in [7, 11) is 0. The molecule has 3 rings (SSSR count). The molecule has 0 radical (unpaired) electrons. The fourth-order valence-corrected chi connectivity index (χ4v) is 3.72. The molecule has 1 aliphatic rings. The zero-order chi connectivity index (χ0) is 20.3. The van der Waals surface area contributed by atoms with E-state index in [0.717, 1.165) is 29.7 Å². The fraction of sp³-hybridized carbons (Fsp3) is 0.391. The third-order valence-electron chi connectivity index (χ3n) is 5.35. The van der Waals surface area contributed by atoms with Crippen LogP contribution < -0.4 is 5.32 Å². The Labute approximate surface area is 165 Å². The van der Waals surface area contributed by atoms with E-state index in [-0.39, 0.29) is 23.5 Å². The van der Waals surface area contributed by atoms with Crippen LogP contribution in [0, 0.1) is 18.7 Å². The highest BCUT2D eigenvalue weighted by Crippen LogP contribution is 2.29. The molecular formula is C23H27FN2O2. The summed E-state index contributed by atoms with van der Waals surface area (Å²) < 4.78 is 13.1. The van der Waals surface area contributed by atoms with Crippen molar-refractivity contribution in [1.82, 2.24) is 4.90 Å². The average molecular weight is 382 g/mol. The van der Waals surface area contributed by atoms with E-state index in [2.05, 4.69) is 19.2 Å². The molecule has 1 aliphatic heterocycles. The zero-order valence-corrected chi connectivity index (χ0v) is 16.7. The standard InChI is InChI=1S/C23H27FN2O2/c1-15(2)20-8-4-6-16(3)21(20)25-22(27)18-7-5-13-26(14-18)23(28)17-9-11-19(24)12-10-17/h4,6,8-12,15,18H,5,7,13-14H2,1-3H3,(H,25,27). The SMILES string of the molecule is Cc1cccc(C(C)C)c1NC(=O)C1CCCN(C(=O)c2ccc(F)cc2)C1. The van der Waals surface area contributed by atoms with Gasteiger partial charge in [0.2, 0.25) is 5.91 Å². The Morgan fingerprint density at radius 1 is 1.14 bits per heavy atom. The Bertz CT molecular complexity index is 861. The first-order valence-electron chi connectivity index (χ1n) is 9.82. The van der Waals surface area contributed by atoms with Crippen LogP contribution in [0.15, 0.2) is 42.5 Å². The summed E-state index contributed by atoms with van der Waals surface area (Å²) in [5.41, 5.74) is 3.48. The number of hydrogen-bond acceptors (Lipinski definition) is 2. The van der Waals surface area contributed by atoms with Crippen LogP contribution in [-0.2, 0) is 4.79 Å². The summed E-state index contributed by atoms with van der Waals surface area (Å²) in [5.74, 6) is -0.522. The van der Waals surface area contributed by atoms with E-state index in [9.17, 15) is 14.0 Å². The Kier molecular flexibility index (Phi) is 6.12. The van der Waals surface area contributed by atoms with Gasteiger partial charge in [-0.25, -0.2) is 4.39 Å². The Balaban J connectivity index is 1.72. The van der Waals surface area contributed by atoms with E-state index in [1.807, 2.05) is 25.1 Å². The lowest BCUT2D eigenvalue weighted by atomic mass is 9.94. The molecule has 1 fully saturated rings. The van der Waals surface area contributed by atoms with Crippen molar-refractivity contribution in [2.75, 3.05) is 18.4 Å². The maximum absolute atomic E-state index is 13.1. The van der Waals surface area contributed by atoms with E-state index in [1.165, 1.54) is 24.3 Å². The van der Waals surface area contributed by atoms with Crippen LogP contribution in [0.1, 0.15) is 54.1 Å². The number of carbonyl (C=O) groups is 2. The lowest BCUT2D eigenvalue weighted by Crippen LogP contribution is -2.43. The van der Waals surface area contributed by atoms with E-state index < -0.39 is 0 Å². The lowest BCUT2D eigenvalue weighted by Gasteiger charge is -2.32. The van der Waals surface area contributed by atoms with Crippen molar-refractivity contribution in [1.29, 1.82) is 0 Å². The second-order valence-electron chi connectivity index (χ2n) is 7.78. The van der Waals surface area contributed by atoms with Crippen molar-refractivity contribution >= 4 is 17.5 Å². The minimum absolute atomic E-state index is 0.0483. The number of anilines is 1. The number of nitrogens with one attached hydrogen (secondary N) is 1. The predicted molar refractivity (Wildman–Crippen MR) is 109 cm³/mol. The Morgan fingerprint density at radius 2 is 1.86 bits per heavy atom. The number of hydrogen-bond donors (Lipinski definition) is 1. The van der Waals surface area contributed by atoms with Crippen LogP contribution in [-0.4, -0.2) is 29.8 Å².